The molecule has 2 unspecified atom stereocenters. The first-order valence-electron chi connectivity index (χ1n) is 8.81. The maximum Gasteiger partial charge on any atom is 0.235 e. The molecule has 0 radical (unpaired) electrons. The zero-order valence-electron chi connectivity index (χ0n) is 15.3. The molecule has 0 spiro atoms. The van der Waals surface area contributed by atoms with Crippen LogP contribution in [0.5, 0.6) is 5.75 Å². The molecule has 1 saturated heterocycles. The molecule has 3 rings (SSSR count). The first-order valence-corrected chi connectivity index (χ1v) is 8.81. The summed E-state index contributed by atoms with van der Waals surface area (Å²) >= 11 is 0. The number of nitriles is 1. The van der Waals surface area contributed by atoms with Crippen molar-refractivity contribution >= 4 is 18.0 Å². The average molecular weight is 353 g/mol. The van der Waals surface area contributed by atoms with Crippen LogP contribution in [0.2, 0.25) is 0 Å². The van der Waals surface area contributed by atoms with Gasteiger partial charge in [0.1, 0.15) is 11.8 Å². The second-order valence-corrected chi connectivity index (χ2v) is 6.32. The van der Waals surface area contributed by atoms with Crippen LogP contribution in [0.1, 0.15) is 37.9 Å². The molecule has 1 aliphatic rings. The Morgan fingerprint density at radius 1 is 1.23 bits per heavy atom. The highest BCUT2D eigenvalue weighted by molar-refractivity contribution is 5.67. The summed E-state index contributed by atoms with van der Waals surface area (Å²) in [6, 6.07) is 9.88. The van der Waals surface area contributed by atoms with E-state index in [2.05, 4.69) is 11.1 Å². The number of benzene rings is 1. The van der Waals surface area contributed by atoms with E-state index in [0.29, 0.717) is 37.2 Å². The largest absolute Gasteiger partial charge is 0.494 e. The lowest BCUT2D eigenvalue weighted by atomic mass is 10.2. The van der Waals surface area contributed by atoms with Crippen molar-refractivity contribution in [2.24, 2.45) is 0 Å². The van der Waals surface area contributed by atoms with Crippen molar-refractivity contribution in [3.05, 3.63) is 41.4 Å². The molecule has 0 N–H and O–H groups in total. The summed E-state index contributed by atoms with van der Waals surface area (Å²) < 4.78 is 17.0. The average Bonchev–Trinajstić information content (AvgIpc) is 3.04. The standard InChI is InChI=1S/C20H23N3O3/c1-4-24-17-8-5-16(6-9-17)7-10-19-22-18(11-21)20(26-19)23-12-14(2)25-15(3)13-23/h5-10,14-15H,4,12-13H2,1-3H3/b10-7+. The van der Waals surface area contributed by atoms with E-state index < -0.39 is 0 Å². The minimum Gasteiger partial charge on any atom is -0.494 e. The second-order valence-electron chi connectivity index (χ2n) is 6.32. The Balaban J connectivity index is 1.77. The lowest BCUT2D eigenvalue weighted by molar-refractivity contribution is -0.00642. The fraction of sp³-hybridized carbons (Fsp3) is 0.400. The van der Waals surface area contributed by atoms with Crippen molar-refractivity contribution in [1.29, 1.82) is 5.26 Å². The van der Waals surface area contributed by atoms with Crippen LogP contribution in [-0.4, -0.2) is 36.9 Å². The third-order valence-electron chi connectivity index (χ3n) is 4.05. The number of oxazole rings is 1. The molecular weight excluding hydrogens is 330 g/mol. The normalized spacial score (nSPS) is 20.3. The molecule has 1 aromatic heterocycles. The van der Waals surface area contributed by atoms with Gasteiger partial charge in [-0.2, -0.15) is 10.2 Å². The molecule has 0 saturated carbocycles. The van der Waals surface area contributed by atoms with E-state index in [1.165, 1.54) is 0 Å². The predicted octanol–water partition coefficient (Wildman–Crippen LogP) is 3.73. The van der Waals surface area contributed by atoms with Crippen LogP contribution in [-0.2, 0) is 4.74 Å². The third-order valence-corrected chi connectivity index (χ3v) is 4.05. The highest BCUT2D eigenvalue weighted by Crippen LogP contribution is 2.26. The lowest BCUT2D eigenvalue weighted by Crippen LogP contribution is -2.45. The van der Waals surface area contributed by atoms with E-state index >= 15 is 0 Å². The van der Waals surface area contributed by atoms with Crippen LogP contribution in [0.15, 0.2) is 28.7 Å². The maximum atomic E-state index is 9.39. The number of aromatic nitrogens is 1. The molecule has 2 heterocycles. The molecule has 0 aliphatic carbocycles. The van der Waals surface area contributed by atoms with Gasteiger partial charge in [-0.25, -0.2) is 0 Å². The zero-order valence-corrected chi connectivity index (χ0v) is 15.3. The van der Waals surface area contributed by atoms with Crippen molar-refractivity contribution in [2.45, 2.75) is 33.0 Å². The Bertz CT molecular complexity index is 795. The van der Waals surface area contributed by atoms with Crippen LogP contribution in [0, 0.1) is 11.3 Å². The quantitative estimate of drug-likeness (QED) is 0.816. The number of hydrogen-bond acceptors (Lipinski definition) is 6. The van der Waals surface area contributed by atoms with Crippen molar-refractivity contribution in [3.63, 3.8) is 0 Å². The molecule has 1 aromatic carbocycles. The third kappa shape index (κ3) is 4.24. The van der Waals surface area contributed by atoms with E-state index in [1.54, 1.807) is 6.08 Å². The van der Waals surface area contributed by atoms with Gasteiger partial charge in [-0.1, -0.05) is 12.1 Å². The first kappa shape index (κ1) is 18.0. The number of hydrogen-bond donors (Lipinski definition) is 0. The van der Waals surface area contributed by atoms with Crippen molar-refractivity contribution in [2.75, 3.05) is 24.6 Å². The van der Waals surface area contributed by atoms with E-state index in [0.717, 1.165) is 11.3 Å². The minimum atomic E-state index is 0.0817. The van der Waals surface area contributed by atoms with E-state index in [1.807, 2.05) is 56.0 Å². The van der Waals surface area contributed by atoms with Gasteiger partial charge in [0.05, 0.1) is 18.8 Å². The SMILES string of the molecule is CCOc1ccc(/C=C/c2nc(C#N)c(N3CC(C)OC(C)C3)o2)cc1. The zero-order chi connectivity index (χ0) is 18.5. The molecule has 136 valence electrons. The Hall–Kier alpha value is -2.78. The van der Waals surface area contributed by atoms with Crippen LogP contribution < -0.4 is 9.64 Å². The molecule has 6 heteroatoms. The van der Waals surface area contributed by atoms with E-state index in [9.17, 15) is 5.26 Å². The monoisotopic (exact) mass is 353 g/mol. The van der Waals surface area contributed by atoms with Gasteiger partial charge in [0.2, 0.25) is 17.5 Å². The first-order chi connectivity index (χ1) is 12.6. The molecule has 2 atom stereocenters. The molecule has 0 bridgehead atoms. The van der Waals surface area contributed by atoms with E-state index in [-0.39, 0.29) is 12.2 Å². The Morgan fingerprint density at radius 3 is 2.54 bits per heavy atom. The number of morpholine rings is 1. The lowest BCUT2D eigenvalue weighted by Gasteiger charge is -2.34. The molecular formula is C20H23N3O3. The van der Waals surface area contributed by atoms with Crippen molar-refractivity contribution in [1.82, 2.24) is 4.98 Å². The molecule has 1 fully saturated rings. The van der Waals surface area contributed by atoms with Gasteiger partial charge in [0.15, 0.2) is 0 Å². The summed E-state index contributed by atoms with van der Waals surface area (Å²) in [6.07, 6.45) is 3.83. The van der Waals surface area contributed by atoms with Crippen molar-refractivity contribution < 1.29 is 13.9 Å². The Morgan fingerprint density at radius 2 is 1.92 bits per heavy atom. The van der Waals surface area contributed by atoms with Gasteiger partial charge >= 0.3 is 0 Å². The summed E-state index contributed by atoms with van der Waals surface area (Å²) in [5.74, 6) is 1.77. The molecule has 26 heavy (non-hydrogen) atoms. The highest BCUT2D eigenvalue weighted by Gasteiger charge is 2.27. The van der Waals surface area contributed by atoms with Crippen LogP contribution >= 0.6 is 0 Å². The van der Waals surface area contributed by atoms with Gasteiger partial charge in [-0.15, -0.1) is 0 Å². The van der Waals surface area contributed by atoms with Gasteiger partial charge < -0.3 is 18.8 Å². The molecule has 0 amide bonds. The summed E-state index contributed by atoms with van der Waals surface area (Å²) in [5, 5.41) is 9.39. The fourth-order valence-corrected chi connectivity index (χ4v) is 3.04. The second kappa shape index (κ2) is 8.07. The van der Waals surface area contributed by atoms with E-state index in [4.69, 9.17) is 13.9 Å². The van der Waals surface area contributed by atoms with Gasteiger partial charge in [-0.3, -0.25) is 0 Å². The minimum absolute atomic E-state index is 0.0817. The van der Waals surface area contributed by atoms with Gasteiger partial charge in [-0.05, 0) is 44.5 Å². The summed E-state index contributed by atoms with van der Waals surface area (Å²) in [6.45, 7) is 7.98. The predicted molar refractivity (Wildman–Crippen MR) is 100.0 cm³/mol. The number of rotatable bonds is 5. The van der Waals surface area contributed by atoms with Gasteiger partial charge in [0.25, 0.3) is 0 Å². The maximum absolute atomic E-state index is 9.39. The summed E-state index contributed by atoms with van der Waals surface area (Å²) in [7, 11) is 0. The van der Waals surface area contributed by atoms with Crippen LogP contribution in [0.25, 0.3) is 12.2 Å². The number of anilines is 1. The molecule has 2 aromatic rings. The number of nitrogens with zero attached hydrogens (tertiary/aromatic N) is 3. The topological polar surface area (TPSA) is 71.5 Å². The van der Waals surface area contributed by atoms with Crippen molar-refractivity contribution in [3.8, 4) is 11.8 Å². The molecule has 1 aliphatic heterocycles. The summed E-state index contributed by atoms with van der Waals surface area (Å²) in [5.41, 5.74) is 1.30. The fourth-order valence-electron chi connectivity index (χ4n) is 3.04. The van der Waals surface area contributed by atoms with Crippen LogP contribution in [0.4, 0.5) is 5.88 Å². The summed E-state index contributed by atoms with van der Waals surface area (Å²) in [4.78, 5) is 6.32. The Kier molecular flexibility index (Phi) is 5.59. The smallest absolute Gasteiger partial charge is 0.235 e. The van der Waals surface area contributed by atoms with Crippen LogP contribution in [0.3, 0.4) is 0 Å². The highest BCUT2D eigenvalue weighted by atomic mass is 16.5. The number of ether oxygens (including phenoxy) is 2. The van der Waals surface area contributed by atoms with Gasteiger partial charge in [0, 0.05) is 19.2 Å². The Labute approximate surface area is 153 Å². The molecule has 6 nitrogen and oxygen atoms in total.